The van der Waals surface area contributed by atoms with E-state index in [0.717, 1.165) is 35.0 Å². The predicted octanol–water partition coefficient (Wildman–Crippen LogP) is 8.16. The lowest BCUT2D eigenvalue weighted by Gasteiger charge is -2.21. The van der Waals surface area contributed by atoms with Crippen LogP contribution in [-0.2, 0) is 31.2 Å². The molecule has 0 radical (unpaired) electrons. The average Bonchev–Trinajstić information content (AvgIpc) is 3.74. The zero-order valence-corrected chi connectivity index (χ0v) is 31.3. The quantitative estimate of drug-likeness (QED) is 0.0434. The second-order valence-corrected chi connectivity index (χ2v) is 14.0. The number of anilines is 2. The largest absolute Gasteiger partial charge is 0.434 e. The Morgan fingerprint density at radius 1 is 0.644 bits per heavy atom. The van der Waals surface area contributed by atoms with E-state index >= 15 is 0 Å². The van der Waals surface area contributed by atoms with Crippen LogP contribution in [0, 0.1) is 0 Å². The van der Waals surface area contributed by atoms with Crippen molar-refractivity contribution in [3.63, 3.8) is 0 Å². The van der Waals surface area contributed by atoms with E-state index in [4.69, 9.17) is 0 Å². The molecule has 2 amide bonds. The summed E-state index contributed by atoms with van der Waals surface area (Å²) < 4.78 is 163. The van der Waals surface area contributed by atoms with E-state index in [9.17, 15) is 62.3 Å². The molecule has 0 saturated heterocycles. The highest BCUT2D eigenvalue weighted by Gasteiger charge is 2.39. The first-order chi connectivity index (χ1) is 27.0. The molecule has 0 fully saturated rings. The number of carbonyl (C=O) groups excluding carboxylic acids is 2. The summed E-state index contributed by atoms with van der Waals surface area (Å²) in [6, 6.07) is 7.46. The molecule has 59 heavy (non-hydrogen) atoms. The number of H-pyrrole nitrogens is 2. The van der Waals surface area contributed by atoms with Crippen LogP contribution in [0.3, 0.4) is 0 Å². The van der Waals surface area contributed by atoms with Gasteiger partial charge in [-0.2, -0.15) is 62.5 Å². The first-order valence-electron chi connectivity index (χ1n) is 17.0. The Morgan fingerprint density at radius 2 is 1.12 bits per heavy atom. The maximum absolute atomic E-state index is 14.1. The molecule has 4 aromatic rings. The zero-order valence-electron chi connectivity index (χ0n) is 31.3. The van der Waals surface area contributed by atoms with Gasteiger partial charge in [-0.05, 0) is 70.5 Å². The molecule has 0 aliphatic heterocycles. The Labute approximate surface area is 326 Å². The summed E-state index contributed by atoms with van der Waals surface area (Å²) in [5.74, 6) is -4.56. The van der Waals surface area contributed by atoms with Crippen LogP contribution in [0.2, 0.25) is 0 Å². The second kappa shape index (κ2) is 16.6. The van der Waals surface area contributed by atoms with E-state index in [0.29, 0.717) is 36.8 Å². The zero-order chi connectivity index (χ0) is 44.4. The number of hydrogen-bond donors (Lipinski definition) is 6. The lowest BCUT2D eigenvalue weighted by molar-refractivity contribution is -0.743. The predicted molar refractivity (Wildman–Crippen MR) is 188 cm³/mol. The summed E-state index contributed by atoms with van der Waals surface area (Å²) in [6.07, 6.45) is -19.3. The molecule has 6 N–H and O–H groups in total. The number of aromatic nitrogens is 4. The molecular formula is C35H35F12N10O2+. The fourth-order valence-electron chi connectivity index (χ4n) is 4.91. The minimum Gasteiger partial charge on any atom is -0.309 e. The molecule has 12 nitrogen and oxygen atoms in total. The van der Waals surface area contributed by atoms with Crippen LogP contribution in [0.5, 0.6) is 0 Å². The van der Waals surface area contributed by atoms with Crippen molar-refractivity contribution >= 4 is 35.4 Å². The topological polar surface area (TPSA) is 155 Å². The van der Waals surface area contributed by atoms with Crippen molar-refractivity contribution in [3.8, 4) is 0 Å². The number of guanidine groups is 2. The third kappa shape index (κ3) is 12.7. The van der Waals surface area contributed by atoms with Gasteiger partial charge in [-0.25, -0.2) is 20.4 Å². The fraction of sp³-hybridized carbons (Fsp3) is 0.371. The normalized spacial score (nSPS) is 13.6. The van der Waals surface area contributed by atoms with Gasteiger partial charge in [0.1, 0.15) is 12.2 Å². The molecule has 320 valence electrons. The van der Waals surface area contributed by atoms with Crippen molar-refractivity contribution in [2.45, 2.75) is 83.4 Å². The summed E-state index contributed by atoms with van der Waals surface area (Å²) in [4.78, 5) is 35.0. The molecule has 2 aromatic carbocycles. The summed E-state index contributed by atoms with van der Waals surface area (Å²) in [7, 11) is 0. The van der Waals surface area contributed by atoms with Crippen LogP contribution in [0.4, 0.5) is 64.3 Å². The van der Waals surface area contributed by atoms with E-state index in [1.165, 1.54) is 13.8 Å². The lowest BCUT2D eigenvalue weighted by atomic mass is 10.0. The average molecular weight is 856 g/mol. The fourth-order valence-corrected chi connectivity index (χ4v) is 4.91. The standard InChI is InChI=1S/C35H34F12N10O2/c1-6-30(2,3)52-29(51-27(59)19-10-8-12-21(14-19)33(39,40)41)49-25-16-23(35(45,46)47)56-57(25)17-31(4,5)53-28(48-24-15-22(54-55-24)34(42,43)44)50-26(58)18-9-7-11-20(13-18)32(36,37)38/h7-16H,6,17H2,1-5H3,(H5,48,49,50,51,52,53,54,55,56,58,59)/p+1. The molecule has 0 bridgehead atoms. The van der Waals surface area contributed by atoms with E-state index in [2.05, 4.69) is 41.4 Å². The number of amides is 2. The van der Waals surface area contributed by atoms with Crippen LogP contribution in [0.15, 0.2) is 70.6 Å². The molecule has 0 unspecified atom stereocenters. The summed E-state index contributed by atoms with van der Waals surface area (Å²) in [5.41, 5.74) is -8.77. The van der Waals surface area contributed by atoms with Crippen LogP contribution >= 0.6 is 0 Å². The maximum atomic E-state index is 14.1. The Morgan fingerprint density at radius 3 is 1.56 bits per heavy atom. The minimum atomic E-state index is -5.02. The van der Waals surface area contributed by atoms with Gasteiger partial charge >= 0.3 is 30.5 Å². The van der Waals surface area contributed by atoms with Gasteiger partial charge in [0.15, 0.2) is 11.5 Å². The second-order valence-electron chi connectivity index (χ2n) is 14.0. The Bertz CT molecular complexity index is 2210. The van der Waals surface area contributed by atoms with Crippen molar-refractivity contribution in [2.75, 3.05) is 10.6 Å². The number of aromatic amines is 2. The third-order valence-corrected chi connectivity index (χ3v) is 8.12. The van der Waals surface area contributed by atoms with Crippen LogP contribution in [0.25, 0.3) is 0 Å². The van der Waals surface area contributed by atoms with Crippen LogP contribution in [0.1, 0.15) is 84.3 Å². The molecule has 2 heterocycles. The molecule has 0 aliphatic carbocycles. The van der Waals surface area contributed by atoms with Gasteiger partial charge in [-0.15, -0.1) is 0 Å². The molecule has 0 aliphatic rings. The van der Waals surface area contributed by atoms with Gasteiger partial charge in [0.25, 0.3) is 17.8 Å². The van der Waals surface area contributed by atoms with Crippen molar-refractivity contribution in [3.05, 3.63) is 94.3 Å². The Hall–Kier alpha value is -6.10. The molecular weight excluding hydrogens is 820 g/mol. The highest BCUT2D eigenvalue weighted by atomic mass is 19.4. The first kappa shape index (κ1) is 45.6. The number of rotatable bonds is 9. The Balaban J connectivity index is 1.75. The van der Waals surface area contributed by atoms with Crippen molar-refractivity contribution < 1.29 is 67.0 Å². The van der Waals surface area contributed by atoms with Gasteiger partial charge in [-0.3, -0.25) is 25.3 Å². The van der Waals surface area contributed by atoms with Crippen molar-refractivity contribution in [1.29, 1.82) is 0 Å². The number of benzene rings is 2. The molecule has 0 atom stereocenters. The summed E-state index contributed by atoms with van der Waals surface area (Å²) in [5, 5.41) is 16.6. The first-order valence-corrected chi connectivity index (χ1v) is 17.0. The number of alkyl halides is 12. The molecule has 2 aromatic heterocycles. The van der Waals surface area contributed by atoms with Crippen molar-refractivity contribution in [2.24, 2.45) is 9.98 Å². The summed E-state index contributed by atoms with van der Waals surface area (Å²) >= 11 is 0. The minimum absolute atomic E-state index is 0.308. The van der Waals surface area contributed by atoms with Gasteiger partial charge in [0, 0.05) is 17.2 Å². The third-order valence-electron chi connectivity index (χ3n) is 8.12. The summed E-state index contributed by atoms with van der Waals surface area (Å²) in [6.45, 7) is 6.87. The van der Waals surface area contributed by atoms with Crippen LogP contribution in [-0.4, -0.2) is 50.1 Å². The van der Waals surface area contributed by atoms with E-state index in [-0.39, 0.29) is 0 Å². The molecule has 0 spiro atoms. The maximum Gasteiger partial charge on any atom is 0.434 e. The van der Waals surface area contributed by atoms with Gasteiger partial charge < -0.3 is 5.32 Å². The van der Waals surface area contributed by atoms with E-state index in [1.54, 1.807) is 25.9 Å². The van der Waals surface area contributed by atoms with E-state index in [1.807, 2.05) is 0 Å². The number of nitrogens with zero attached hydrogens (tertiary/aromatic N) is 4. The smallest absolute Gasteiger partial charge is 0.309 e. The number of nitrogens with one attached hydrogen (secondary N) is 6. The number of aliphatic imine (C=N–C) groups is 2. The van der Waals surface area contributed by atoms with Crippen molar-refractivity contribution in [1.82, 2.24) is 25.9 Å². The SMILES string of the molecule is CCC(C)(C)N=C(NC(=O)c1cccc(C(F)(F)F)c1)Nc1cc(C(F)(F)F)[nH][n+]1CC(C)(C)N=C(NC(=O)c1cccc(C(F)(F)F)c1)Nc1cc(C(F)(F)F)[nH]n1. The van der Waals surface area contributed by atoms with Gasteiger partial charge in [0.2, 0.25) is 5.96 Å². The highest BCUT2D eigenvalue weighted by molar-refractivity contribution is 6.10. The highest BCUT2D eigenvalue weighted by Crippen LogP contribution is 2.32. The van der Waals surface area contributed by atoms with Crippen LogP contribution < -0.4 is 25.9 Å². The Kier molecular flexibility index (Phi) is 12.9. The lowest BCUT2D eigenvalue weighted by Crippen LogP contribution is -2.50. The van der Waals surface area contributed by atoms with E-state index < -0.39 is 111 Å². The molecule has 24 heteroatoms. The number of halogens is 12. The molecule has 0 saturated carbocycles. The monoisotopic (exact) mass is 855 g/mol. The molecule has 4 rings (SSSR count). The van der Waals surface area contributed by atoms with Gasteiger partial charge in [0.05, 0.1) is 28.3 Å². The van der Waals surface area contributed by atoms with Gasteiger partial charge in [-0.1, -0.05) is 19.1 Å². The number of hydrogen-bond acceptors (Lipinski definition) is 5. The number of carbonyl (C=O) groups is 2.